The van der Waals surface area contributed by atoms with Crippen LogP contribution in [0.4, 0.5) is 15.9 Å². The summed E-state index contributed by atoms with van der Waals surface area (Å²) in [6.07, 6.45) is 11.0. The molecule has 3 aliphatic rings. The van der Waals surface area contributed by atoms with Gasteiger partial charge in [0.25, 0.3) is 0 Å². The number of hydrogen-bond donors (Lipinski definition) is 1. The fourth-order valence-electron chi connectivity index (χ4n) is 5.79. The molecule has 8 nitrogen and oxygen atoms in total. The molecule has 0 spiro atoms. The van der Waals surface area contributed by atoms with Gasteiger partial charge in [0.05, 0.1) is 29.4 Å². The first-order valence-corrected chi connectivity index (χ1v) is 14.8. The zero-order valence-corrected chi connectivity index (χ0v) is 21.8. The van der Waals surface area contributed by atoms with Crippen molar-refractivity contribution in [3.8, 4) is 5.88 Å². The Morgan fingerprint density at radius 1 is 1.14 bits per heavy atom. The molecule has 3 heterocycles. The van der Waals surface area contributed by atoms with Crippen molar-refractivity contribution in [3.63, 3.8) is 0 Å². The fraction of sp³-hybridized carbons (Fsp3) is 0.615. The van der Waals surface area contributed by atoms with Crippen LogP contribution in [0.2, 0.25) is 0 Å². The number of morpholine rings is 1. The van der Waals surface area contributed by atoms with E-state index in [9.17, 15) is 12.8 Å². The molecule has 2 saturated heterocycles. The maximum atomic E-state index is 14.6. The minimum Gasteiger partial charge on any atom is -0.474 e. The summed E-state index contributed by atoms with van der Waals surface area (Å²) in [4.78, 5) is 11.2. The molecule has 1 saturated carbocycles. The van der Waals surface area contributed by atoms with Gasteiger partial charge < -0.3 is 14.8 Å². The lowest BCUT2D eigenvalue weighted by atomic mass is 9.85. The number of aromatic nitrogens is 2. The second-order valence-electron chi connectivity index (χ2n) is 10.4. The third-order valence-corrected chi connectivity index (χ3v) is 8.87. The summed E-state index contributed by atoms with van der Waals surface area (Å²) in [7, 11) is -3.49. The highest BCUT2D eigenvalue weighted by molar-refractivity contribution is 7.90. The Labute approximate surface area is 212 Å². The lowest BCUT2D eigenvalue weighted by Crippen LogP contribution is -2.60. The Morgan fingerprint density at radius 3 is 2.53 bits per heavy atom. The van der Waals surface area contributed by atoms with E-state index in [0.29, 0.717) is 29.3 Å². The second-order valence-corrected chi connectivity index (χ2v) is 12.5. The molecule has 2 bridgehead atoms. The molecule has 3 fully saturated rings. The minimum absolute atomic E-state index is 0.0266. The molecular weight excluding hydrogens is 483 g/mol. The summed E-state index contributed by atoms with van der Waals surface area (Å²) < 4.78 is 50.3. The van der Waals surface area contributed by atoms with Crippen molar-refractivity contribution < 1.29 is 22.3 Å². The number of hydrogen-bond acceptors (Lipinski definition) is 8. The van der Waals surface area contributed by atoms with Crippen molar-refractivity contribution in [1.29, 1.82) is 0 Å². The van der Waals surface area contributed by atoms with Gasteiger partial charge in [0.2, 0.25) is 5.88 Å². The highest BCUT2D eigenvalue weighted by Crippen LogP contribution is 2.35. The number of nitrogens with zero attached hydrogens (tertiary/aromatic N) is 3. The second kappa shape index (κ2) is 10.6. The zero-order chi connectivity index (χ0) is 25.3. The van der Waals surface area contributed by atoms with Crippen LogP contribution < -0.4 is 10.1 Å². The van der Waals surface area contributed by atoms with E-state index in [-0.39, 0.29) is 16.7 Å². The molecule has 3 atom stereocenters. The number of nitrogens with one attached hydrogen (secondary N) is 1. The van der Waals surface area contributed by atoms with Gasteiger partial charge in [-0.1, -0.05) is 19.3 Å². The molecule has 0 amide bonds. The third-order valence-electron chi connectivity index (χ3n) is 7.76. The first kappa shape index (κ1) is 25.4. The van der Waals surface area contributed by atoms with Gasteiger partial charge in [-0.3, -0.25) is 4.90 Å². The summed E-state index contributed by atoms with van der Waals surface area (Å²) in [5, 5.41) is 2.96. The van der Waals surface area contributed by atoms with Gasteiger partial charge in [-0.15, -0.1) is 0 Å². The van der Waals surface area contributed by atoms with Crippen LogP contribution in [0.3, 0.4) is 0 Å². The number of sulfone groups is 1. The van der Waals surface area contributed by atoms with E-state index in [1.54, 1.807) is 0 Å². The molecule has 36 heavy (non-hydrogen) atoms. The van der Waals surface area contributed by atoms with E-state index in [1.165, 1.54) is 50.6 Å². The molecule has 1 N–H and O–H groups in total. The Kier molecular flexibility index (Phi) is 7.46. The number of anilines is 2. The van der Waals surface area contributed by atoms with E-state index < -0.39 is 15.7 Å². The Morgan fingerprint density at radius 2 is 1.86 bits per heavy atom. The van der Waals surface area contributed by atoms with E-state index in [1.807, 2.05) is 6.92 Å². The van der Waals surface area contributed by atoms with E-state index in [2.05, 4.69) is 20.2 Å². The first-order chi connectivity index (χ1) is 17.3. The predicted octanol–water partition coefficient (Wildman–Crippen LogP) is 4.26. The largest absolute Gasteiger partial charge is 0.474 e. The molecular formula is C26H35FN4O4S. The minimum atomic E-state index is -3.49. The van der Waals surface area contributed by atoms with Gasteiger partial charge >= 0.3 is 0 Å². The lowest BCUT2D eigenvalue weighted by molar-refractivity contribution is -0.106. The molecule has 5 rings (SSSR count). The Bertz CT molecular complexity index is 1170. The van der Waals surface area contributed by atoms with E-state index in [0.717, 1.165) is 50.8 Å². The number of halogens is 1. The smallest absolute Gasteiger partial charge is 0.221 e. The van der Waals surface area contributed by atoms with E-state index >= 15 is 0 Å². The van der Waals surface area contributed by atoms with Crippen molar-refractivity contribution in [2.24, 2.45) is 5.92 Å². The van der Waals surface area contributed by atoms with Crippen molar-refractivity contribution in [2.45, 2.75) is 75.0 Å². The quantitative estimate of drug-likeness (QED) is 0.581. The number of piperidine rings is 1. The fourth-order valence-corrected chi connectivity index (χ4v) is 6.43. The van der Waals surface area contributed by atoms with Crippen molar-refractivity contribution >= 4 is 21.3 Å². The molecule has 2 unspecified atom stereocenters. The van der Waals surface area contributed by atoms with Crippen LogP contribution >= 0.6 is 0 Å². The number of ether oxygens (including phenoxy) is 2. The lowest BCUT2D eigenvalue weighted by Gasteiger charge is -2.49. The Hall–Kier alpha value is -2.30. The average molecular weight is 519 g/mol. The number of rotatable bonds is 7. The summed E-state index contributed by atoms with van der Waals surface area (Å²) in [5.41, 5.74) is 0.813. The number of fused-ring (bicyclic) bond motifs is 2. The Balaban J connectivity index is 1.26. The maximum Gasteiger partial charge on any atom is 0.221 e. The molecule has 0 radical (unpaired) electrons. The van der Waals surface area contributed by atoms with Crippen LogP contribution in [0.25, 0.3) is 0 Å². The van der Waals surface area contributed by atoms with Crippen molar-refractivity contribution in [2.75, 3.05) is 31.3 Å². The maximum absolute atomic E-state index is 14.6. The van der Waals surface area contributed by atoms with Gasteiger partial charge in [0, 0.05) is 37.7 Å². The van der Waals surface area contributed by atoms with Crippen LogP contribution in [0.1, 0.15) is 50.5 Å². The monoisotopic (exact) mass is 518 g/mol. The van der Waals surface area contributed by atoms with Gasteiger partial charge in [-0.25, -0.2) is 22.8 Å². The molecule has 2 aromatic rings. The molecule has 196 valence electrons. The molecule has 10 heteroatoms. The van der Waals surface area contributed by atoms with E-state index in [4.69, 9.17) is 9.47 Å². The van der Waals surface area contributed by atoms with Crippen molar-refractivity contribution in [1.82, 2.24) is 14.9 Å². The summed E-state index contributed by atoms with van der Waals surface area (Å²) in [6, 6.07) is 4.49. The summed E-state index contributed by atoms with van der Waals surface area (Å²) in [5.74, 6) is 1.02. The normalized spacial score (nSPS) is 25.5. The highest BCUT2D eigenvalue weighted by Gasteiger charge is 2.41. The molecule has 2 aliphatic heterocycles. The number of benzene rings is 1. The van der Waals surface area contributed by atoms with Crippen LogP contribution in [-0.4, -0.2) is 67.5 Å². The van der Waals surface area contributed by atoms with Gasteiger partial charge in [0.15, 0.2) is 9.84 Å². The third kappa shape index (κ3) is 5.65. The average Bonchev–Trinajstić information content (AvgIpc) is 2.83. The summed E-state index contributed by atoms with van der Waals surface area (Å²) in [6.45, 7) is 4.47. The molecule has 1 aromatic heterocycles. The summed E-state index contributed by atoms with van der Waals surface area (Å²) >= 11 is 0. The van der Waals surface area contributed by atoms with Crippen LogP contribution in [0.15, 0.2) is 29.4 Å². The first-order valence-electron chi connectivity index (χ1n) is 12.9. The topological polar surface area (TPSA) is 93.7 Å². The molecule has 1 aromatic carbocycles. The highest BCUT2D eigenvalue weighted by atomic mass is 32.2. The molecule has 1 aliphatic carbocycles. The van der Waals surface area contributed by atoms with Crippen molar-refractivity contribution in [3.05, 3.63) is 35.9 Å². The zero-order valence-electron chi connectivity index (χ0n) is 21.0. The van der Waals surface area contributed by atoms with Crippen LogP contribution in [0.5, 0.6) is 5.88 Å². The van der Waals surface area contributed by atoms with Gasteiger partial charge in [-0.05, 0) is 43.9 Å². The van der Waals surface area contributed by atoms with Crippen LogP contribution in [-0.2, 0) is 14.6 Å². The SMILES string of the molecule is Cc1c(Nc2ccc(S(C)(=O)=O)cc2F)ncnc1OC1CC2COC[C@H](C1)N2CC1CCCCC1. The predicted molar refractivity (Wildman–Crippen MR) is 135 cm³/mol. The van der Waals surface area contributed by atoms with Gasteiger partial charge in [-0.2, -0.15) is 0 Å². The standard InChI is InChI=1S/C26H35FN4O4S/c1-17-25(30-24-9-8-22(12-23(24)27)36(2,32)33)28-16-29-26(17)35-21-10-19-14-34-15-20(11-21)31(19)13-18-6-4-3-5-7-18/h8-9,12,16,18-21H,3-7,10-11,13-15H2,1-2H3,(H,28,29,30)/t19-,20?,21?/m0/s1. The van der Waals surface area contributed by atoms with Gasteiger partial charge in [0.1, 0.15) is 24.1 Å². The van der Waals surface area contributed by atoms with Crippen LogP contribution in [0, 0.1) is 18.7 Å².